The summed E-state index contributed by atoms with van der Waals surface area (Å²) in [6.45, 7) is 0. The van der Waals surface area contributed by atoms with Crippen molar-refractivity contribution < 1.29 is 8.42 Å². The maximum absolute atomic E-state index is 13.1. The molecule has 5 aromatic rings. The first-order chi connectivity index (χ1) is 15.6. The number of hydrogen-bond acceptors (Lipinski definition) is 4. The standard InChI is InChI=1S/C25H18N4O2S/c30-32(31,21-9-10-23-19(15-21)13-17-5-1-2-8-22(17)23)28-20-7-3-6-18(14-20)24-16-29-12-4-11-26-25(29)27-24/h1-12,14-16,28H,13H2. The quantitative estimate of drug-likeness (QED) is 0.430. The highest BCUT2D eigenvalue weighted by Gasteiger charge is 2.22. The second-order valence-electron chi connectivity index (χ2n) is 7.79. The third kappa shape index (κ3) is 3.14. The highest BCUT2D eigenvalue weighted by atomic mass is 32.2. The predicted molar refractivity (Wildman–Crippen MR) is 124 cm³/mol. The zero-order valence-corrected chi connectivity index (χ0v) is 17.8. The first-order valence-electron chi connectivity index (χ1n) is 10.2. The molecule has 6 rings (SSSR count). The van der Waals surface area contributed by atoms with E-state index in [1.165, 1.54) is 11.1 Å². The monoisotopic (exact) mass is 438 g/mol. The van der Waals surface area contributed by atoms with E-state index in [1.807, 2.05) is 53.2 Å². The third-order valence-corrected chi connectivity index (χ3v) is 7.10. The lowest BCUT2D eigenvalue weighted by atomic mass is 10.1. The summed E-state index contributed by atoms with van der Waals surface area (Å²) >= 11 is 0. The van der Waals surface area contributed by atoms with Crippen molar-refractivity contribution in [3.8, 4) is 22.4 Å². The minimum absolute atomic E-state index is 0.256. The molecule has 0 amide bonds. The van der Waals surface area contributed by atoms with Gasteiger partial charge in [0.1, 0.15) is 0 Å². The number of imidazole rings is 1. The average molecular weight is 439 g/mol. The molecule has 1 N–H and O–H groups in total. The van der Waals surface area contributed by atoms with E-state index in [0.29, 0.717) is 11.5 Å². The Bertz CT molecular complexity index is 1570. The molecule has 6 nitrogen and oxygen atoms in total. The van der Waals surface area contributed by atoms with Gasteiger partial charge in [-0.2, -0.15) is 0 Å². The highest BCUT2D eigenvalue weighted by molar-refractivity contribution is 7.92. The minimum atomic E-state index is -3.73. The molecule has 7 heteroatoms. The SMILES string of the molecule is O=S(=O)(Nc1cccc(-c2cn3cccnc3n2)c1)c1ccc2c(c1)Cc1ccccc1-2. The Morgan fingerprint density at radius 1 is 0.875 bits per heavy atom. The topological polar surface area (TPSA) is 76.4 Å². The molecule has 0 spiro atoms. The van der Waals surface area contributed by atoms with Crippen molar-refractivity contribution in [2.45, 2.75) is 11.3 Å². The summed E-state index contributed by atoms with van der Waals surface area (Å²) in [5.41, 5.74) is 6.53. The van der Waals surface area contributed by atoms with Gasteiger partial charge in [-0.3, -0.25) is 9.12 Å². The van der Waals surface area contributed by atoms with Crippen LogP contribution in [0.4, 0.5) is 5.69 Å². The molecule has 2 aromatic heterocycles. The fourth-order valence-electron chi connectivity index (χ4n) is 4.21. The zero-order valence-electron chi connectivity index (χ0n) is 16.9. The van der Waals surface area contributed by atoms with E-state index in [4.69, 9.17) is 0 Å². The fraction of sp³-hybridized carbons (Fsp3) is 0.0400. The van der Waals surface area contributed by atoms with E-state index in [-0.39, 0.29) is 4.90 Å². The average Bonchev–Trinajstić information content (AvgIpc) is 3.40. The van der Waals surface area contributed by atoms with Gasteiger partial charge in [-0.15, -0.1) is 0 Å². The number of nitrogens with zero attached hydrogens (tertiary/aromatic N) is 3. The van der Waals surface area contributed by atoms with Gasteiger partial charge in [-0.05, 0) is 59.0 Å². The lowest BCUT2D eigenvalue weighted by Gasteiger charge is -2.10. The molecule has 0 radical (unpaired) electrons. The van der Waals surface area contributed by atoms with Crippen LogP contribution < -0.4 is 4.72 Å². The Hall–Kier alpha value is -3.97. The van der Waals surface area contributed by atoms with Crippen molar-refractivity contribution in [1.82, 2.24) is 14.4 Å². The van der Waals surface area contributed by atoms with Gasteiger partial charge in [0, 0.05) is 29.8 Å². The van der Waals surface area contributed by atoms with Crippen LogP contribution in [0, 0.1) is 0 Å². The number of aromatic nitrogens is 3. The summed E-state index contributed by atoms with van der Waals surface area (Å²) in [5.74, 6) is 0.590. The van der Waals surface area contributed by atoms with Crippen molar-refractivity contribution in [2.24, 2.45) is 0 Å². The van der Waals surface area contributed by atoms with Crippen LogP contribution in [0.3, 0.4) is 0 Å². The fourth-order valence-corrected chi connectivity index (χ4v) is 5.31. The molecule has 0 fully saturated rings. The molecule has 156 valence electrons. The molecule has 2 heterocycles. The van der Waals surface area contributed by atoms with E-state index in [9.17, 15) is 8.42 Å². The van der Waals surface area contributed by atoms with Crippen LogP contribution in [0.5, 0.6) is 0 Å². The molecule has 1 aliphatic rings. The van der Waals surface area contributed by atoms with Gasteiger partial charge in [0.15, 0.2) is 0 Å². The molecule has 0 unspecified atom stereocenters. The highest BCUT2D eigenvalue weighted by Crippen LogP contribution is 2.37. The van der Waals surface area contributed by atoms with Crippen LogP contribution in [0.1, 0.15) is 11.1 Å². The third-order valence-electron chi connectivity index (χ3n) is 5.72. The van der Waals surface area contributed by atoms with Crippen LogP contribution in [-0.2, 0) is 16.4 Å². The molecule has 0 saturated heterocycles. The molecular weight excluding hydrogens is 420 g/mol. The van der Waals surface area contributed by atoms with Crippen molar-refractivity contribution in [3.05, 3.63) is 103 Å². The number of nitrogens with one attached hydrogen (secondary N) is 1. The van der Waals surface area contributed by atoms with Crippen molar-refractivity contribution in [1.29, 1.82) is 0 Å². The number of benzene rings is 3. The second-order valence-corrected chi connectivity index (χ2v) is 9.47. The molecule has 0 atom stereocenters. The lowest BCUT2D eigenvalue weighted by Crippen LogP contribution is -2.13. The molecule has 3 aromatic carbocycles. The molecule has 0 bridgehead atoms. The first-order valence-corrected chi connectivity index (χ1v) is 11.7. The number of hydrogen-bond donors (Lipinski definition) is 1. The summed E-state index contributed by atoms with van der Waals surface area (Å²) in [7, 11) is -3.73. The first kappa shape index (κ1) is 18.8. The maximum atomic E-state index is 13.1. The van der Waals surface area contributed by atoms with Crippen LogP contribution in [-0.4, -0.2) is 22.8 Å². The summed E-state index contributed by atoms with van der Waals surface area (Å²) in [4.78, 5) is 9.00. The Labute approximate surface area is 185 Å². The van der Waals surface area contributed by atoms with Crippen LogP contribution in [0.25, 0.3) is 28.2 Å². The zero-order chi connectivity index (χ0) is 21.7. The molecular formula is C25H18N4O2S. The predicted octanol–water partition coefficient (Wildman–Crippen LogP) is 4.77. The molecule has 32 heavy (non-hydrogen) atoms. The van der Waals surface area contributed by atoms with E-state index >= 15 is 0 Å². The van der Waals surface area contributed by atoms with Crippen LogP contribution >= 0.6 is 0 Å². The number of fused-ring (bicyclic) bond motifs is 4. The van der Waals surface area contributed by atoms with Gasteiger partial charge in [0.25, 0.3) is 10.0 Å². The summed E-state index contributed by atoms with van der Waals surface area (Å²) in [5, 5.41) is 0. The molecule has 1 aliphatic carbocycles. The van der Waals surface area contributed by atoms with E-state index in [2.05, 4.69) is 26.8 Å². The Balaban J connectivity index is 1.31. The van der Waals surface area contributed by atoms with Crippen molar-refractivity contribution in [2.75, 3.05) is 4.72 Å². The van der Waals surface area contributed by atoms with Crippen molar-refractivity contribution >= 4 is 21.5 Å². The van der Waals surface area contributed by atoms with E-state index < -0.39 is 10.0 Å². The Kier molecular flexibility index (Phi) is 4.13. The maximum Gasteiger partial charge on any atom is 0.261 e. The second kappa shape index (κ2) is 7.03. The number of sulfonamides is 1. The van der Waals surface area contributed by atoms with E-state index in [0.717, 1.165) is 28.8 Å². The van der Waals surface area contributed by atoms with Gasteiger partial charge in [0.2, 0.25) is 5.78 Å². The minimum Gasteiger partial charge on any atom is -0.291 e. The summed E-state index contributed by atoms with van der Waals surface area (Å²) in [6.07, 6.45) is 6.17. The lowest BCUT2D eigenvalue weighted by molar-refractivity contribution is 0.601. The van der Waals surface area contributed by atoms with Gasteiger partial charge in [-0.1, -0.05) is 42.5 Å². The number of rotatable bonds is 4. The van der Waals surface area contributed by atoms with Gasteiger partial charge < -0.3 is 0 Å². The van der Waals surface area contributed by atoms with Gasteiger partial charge in [0.05, 0.1) is 10.6 Å². The van der Waals surface area contributed by atoms with E-state index in [1.54, 1.807) is 30.5 Å². The van der Waals surface area contributed by atoms with Crippen molar-refractivity contribution in [3.63, 3.8) is 0 Å². The number of anilines is 1. The molecule has 0 aliphatic heterocycles. The van der Waals surface area contributed by atoms with Crippen LogP contribution in [0.2, 0.25) is 0 Å². The molecule has 0 saturated carbocycles. The Morgan fingerprint density at radius 2 is 1.75 bits per heavy atom. The van der Waals surface area contributed by atoms with Gasteiger partial charge in [-0.25, -0.2) is 18.4 Å². The van der Waals surface area contributed by atoms with Gasteiger partial charge >= 0.3 is 0 Å². The largest absolute Gasteiger partial charge is 0.291 e. The Morgan fingerprint density at radius 3 is 2.66 bits per heavy atom. The smallest absolute Gasteiger partial charge is 0.261 e. The van der Waals surface area contributed by atoms with Crippen LogP contribution in [0.15, 0.2) is 96.3 Å². The summed E-state index contributed by atoms with van der Waals surface area (Å²) in [6, 6.07) is 22.6. The normalized spacial score (nSPS) is 12.5. The summed E-state index contributed by atoms with van der Waals surface area (Å²) < 4.78 is 30.8.